The lowest BCUT2D eigenvalue weighted by molar-refractivity contribution is -0.129. The molecule has 9 nitrogen and oxygen atoms in total. The average Bonchev–Trinajstić information content (AvgIpc) is 3.55. The lowest BCUT2D eigenvalue weighted by Gasteiger charge is -2.62. The highest BCUT2D eigenvalue weighted by molar-refractivity contribution is 5.78. The van der Waals surface area contributed by atoms with Crippen molar-refractivity contribution in [2.24, 2.45) is 23.8 Å². The van der Waals surface area contributed by atoms with Gasteiger partial charge >= 0.3 is 0 Å². The van der Waals surface area contributed by atoms with Crippen molar-refractivity contribution in [1.29, 1.82) is 0 Å². The van der Waals surface area contributed by atoms with Crippen LogP contribution in [0.15, 0.2) is 24.5 Å². The number of benzene rings is 1. The van der Waals surface area contributed by atoms with Crippen molar-refractivity contribution in [3.63, 3.8) is 0 Å². The zero-order valence-electron chi connectivity index (χ0n) is 26.9. The number of alkyl halides is 2. The van der Waals surface area contributed by atoms with Crippen LogP contribution in [0.1, 0.15) is 73.9 Å². The predicted octanol–water partition coefficient (Wildman–Crippen LogP) is 4.85. The number of fused-ring (bicyclic) bond motifs is 2. The number of likely N-dealkylation sites (tertiary alicyclic amines) is 1. The van der Waals surface area contributed by atoms with E-state index in [0.29, 0.717) is 47.6 Å². The molecule has 1 amide bonds. The quantitative estimate of drug-likeness (QED) is 0.420. The topological polar surface area (TPSA) is 74.5 Å². The monoisotopic (exact) mass is 630 g/mol. The lowest BCUT2D eigenvalue weighted by atomic mass is 9.57. The molecule has 2 aromatic heterocycles. The van der Waals surface area contributed by atoms with Gasteiger partial charge in [-0.05, 0) is 78.5 Å². The van der Waals surface area contributed by atoms with E-state index in [1.165, 1.54) is 51.3 Å². The first-order chi connectivity index (χ1) is 22.2. The standard InChI is InChI=1S/C35H44F2N8O/c1-22(46)43-7-5-30-29(17-43)33(40-45(30)26-12-35(13-26)20-42(21-35)15-23-10-34(11-23)18-38-19-34)44-6-3-4-24-8-27(25-14-39-41(2)16-25)28(32(36)37)9-31(24)44/h8-9,14,16,23,26,32,38H,3-7,10-13,15,17-21H2,1-2H3. The van der Waals surface area contributed by atoms with Crippen molar-refractivity contribution in [2.45, 2.75) is 70.9 Å². The first-order valence-corrected chi connectivity index (χ1v) is 17.2. The Kier molecular flexibility index (Phi) is 6.49. The Morgan fingerprint density at radius 1 is 1.09 bits per heavy atom. The highest BCUT2D eigenvalue weighted by atomic mass is 19.3. The lowest BCUT2D eigenvalue weighted by Crippen LogP contribution is -2.66. The van der Waals surface area contributed by atoms with E-state index in [1.54, 1.807) is 37.1 Å². The molecule has 2 saturated heterocycles. The van der Waals surface area contributed by atoms with Crippen molar-refractivity contribution in [2.75, 3.05) is 50.7 Å². The van der Waals surface area contributed by atoms with Gasteiger partial charge in [0.05, 0.1) is 18.8 Å². The second-order valence-electron chi connectivity index (χ2n) is 15.5. The minimum Gasteiger partial charge on any atom is -0.338 e. The molecule has 2 aliphatic carbocycles. The average molecular weight is 631 g/mol. The second kappa shape index (κ2) is 10.3. The van der Waals surface area contributed by atoms with E-state index in [9.17, 15) is 13.6 Å². The van der Waals surface area contributed by atoms with Gasteiger partial charge in [0, 0.05) is 100 Å². The maximum absolute atomic E-state index is 14.6. The zero-order chi connectivity index (χ0) is 31.4. The van der Waals surface area contributed by atoms with Crippen LogP contribution in [-0.4, -0.2) is 81.1 Å². The SMILES string of the molecule is CC(=O)N1CCc2c(c(N3CCCc4cc(-c5cnn(C)c5)c(C(F)F)cc43)nn2C2CC3(C2)CN(CC2CC4(CNC4)C2)C3)C1. The first kappa shape index (κ1) is 28.9. The molecule has 11 heteroatoms. The minimum atomic E-state index is -2.61. The molecule has 0 bridgehead atoms. The molecular weight excluding hydrogens is 586 g/mol. The summed E-state index contributed by atoms with van der Waals surface area (Å²) in [5, 5.41) is 13.0. The molecular formula is C35H44F2N8O. The summed E-state index contributed by atoms with van der Waals surface area (Å²) in [7, 11) is 1.80. The van der Waals surface area contributed by atoms with E-state index in [2.05, 4.69) is 24.9 Å². The fourth-order valence-corrected chi connectivity index (χ4v) is 9.90. The normalized spacial score (nSPS) is 24.8. The van der Waals surface area contributed by atoms with Gasteiger partial charge in [0.1, 0.15) is 0 Å². The van der Waals surface area contributed by atoms with Crippen LogP contribution in [-0.2, 0) is 31.2 Å². The molecule has 1 aromatic carbocycles. The van der Waals surface area contributed by atoms with Crippen molar-refractivity contribution >= 4 is 17.4 Å². The summed E-state index contributed by atoms with van der Waals surface area (Å²) < 4.78 is 33.1. The molecule has 46 heavy (non-hydrogen) atoms. The fraction of sp³-hybridized carbons (Fsp3) is 0.629. The zero-order valence-corrected chi connectivity index (χ0v) is 26.9. The fourth-order valence-electron chi connectivity index (χ4n) is 9.90. The van der Waals surface area contributed by atoms with E-state index < -0.39 is 6.43 Å². The van der Waals surface area contributed by atoms with Crippen LogP contribution < -0.4 is 10.2 Å². The predicted molar refractivity (Wildman–Crippen MR) is 171 cm³/mol. The molecule has 244 valence electrons. The number of rotatable bonds is 6. The Morgan fingerprint density at radius 3 is 2.57 bits per heavy atom. The molecule has 3 aromatic rings. The molecule has 6 heterocycles. The highest BCUT2D eigenvalue weighted by Crippen LogP contribution is 2.56. The van der Waals surface area contributed by atoms with Crippen LogP contribution in [0.4, 0.5) is 20.3 Å². The Labute approximate surface area is 268 Å². The maximum Gasteiger partial charge on any atom is 0.264 e. The van der Waals surface area contributed by atoms with Gasteiger partial charge in [-0.3, -0.25) is 14.2 Å². The van der Waals surface area contributed by atoms with Crippen LogP contribution in [0, 0.1) is 16.7 Å². The number of nitrogens with zero attached hydrogens (tertiary/aromatic N) is 7. The summed E-state index contributed by atoms with van der Waals surface area (Å²) in [4.78, 5) is 19.2. The van der Waals surface area contributed by atoms with Gasteiger partial charge in [0.2, 0.25) is 5.91 Å². The van der Waals surface area contributed by atoms with Gasteiger partial charge in [-0.1, -0.05) is 0 Å². The van der Waals surface area contributed by atoms with Gasteiger partial charge in [0.25, 0.3) is 6.43 Å². The Morgan fingerprint density at radius 2 is 1.89 bits per heavy atom. The highest BCUT2D eigenvalue weighted by Gasteiger charge is 2.55. The van der Waals surface area contributed by atoms with Gasteiger partial charge in [0.15, 0.2) is 5.82 Å². The van der Waals surface area contributed by atoms with E-state index >= 15 is 0 Å². The Hall–Kier alpha value is -3.31. The molecule has 1 N–H and O–H groups in total. The number of hydrogen-bond acceptors (Lipinski definition) is 6. The summed E-state index contributed by atoms with van der Waals surface area (Å²) in [6.45, 7) is 9.66. The summed E-state index contributed by atoms with van der Waals surface area (Å²) in [6.07, 6.45) is 8.44. The van der Waals surface area contributed by atoms with Crippen LogP contribution in [0.3, 0.4) is 0 Å². The van der Waals surface area contributed by atoms with Gasteiger partial charge < -0.3 is 20.0 Å². The molecule has 4 fully saturated rings. The summed E-state index contributed by atoms with van der Waals surface area (Å²) >= 11 is 0. The van der Waals surface area contributed by atoms with E-state index in [0.717, 1.165) is 60.7 Å². The molecule has 4 aliphatic heterocycles. The van der Waals surface area contributed by atoms with Crippen molar-refractivity contribution in [3.05, 3.63) is 46.9 Å². The van der Waals surface area contributed by atoms with Crippen molar-refractivity contribution in [3.8, 4) is 11.1 Å². The third-order valence-corrected chi connectivity index (χ3v) is 12.1. The molecule has 6 aliphatic rings. The van der Waals surface area contributed by atoms with E-state index in [-0.39, 0.29) is 11.5 Å². The van der Waals surface area contributed by atoms with E-state index in [1.807, 2.05) is 11.0 Å². The molecule has 9 rings (SSSR count). The van der Waals surface area contributed by atoms with Crippen LogP contribution in [0.2, 0.25) is 0 Å². The number of carbonyl (C=O) groups is 1. The number of nitrogens with one attached hydrogen (secondary N) is 1. The minimum absolute atomic E-state index is 0.0224. The molecule has 0 unspecified atom stereocenters. The van der Waals surface area contributed by atoms with Crippen LogP contribution in [0.5, 0.6) is 0 Å². The largest absolute Gasteiger partial charge is 0.338 e. The third-order valence-electron chi connectivity index (χ3n) is 12.1. The van der Waals surface area contributed by atoms with Crippen LogP contribution >= 0.6 is 0 Å². The number of aryl methyl sites for hydroxylation is 2. The number of halogens is 2. The number of aromatic nitrogens is 4. The van der Waals surface area contributed by atoms with Gasteiger partial charge in [-0.2, -0.15) is 10.2 Å². The van der Waals surface area contributed by atoms with Gasteiger partial charge in [-0.25, -0.2) is 8.78 Å². The number of anilines is 2. The second-order valence-corrected chi connectivity index (χ2v) is 15.5. The summed E-state index contributed by atoms with van der Waals surface area (Å²) in [5.74, 6) is 1.78. The van der Waals surface area contributed by atoms with Crippen LogP contribution in [0.25, 0.3) is 11.1 Å². The first-order valence-electron chi connectivity index (χ1n) is 17.2. The Balaban J connectivity index is 0.988. The number of carbonyl (C=O) groups excluding carboxylic acids is 1. The summed E-state index contributed by atoms with van der Waals surface area (Å²) in [6, 6.07) is 3.98. The molecule has 0 radical (unpaired) electrons. The number of hydrogen-bond donors (Lipinski definition) is 1. The molecule has 0 atom stereocenters. The number of amides is 1. The maximum atomic E-state index is 14.6. The van der Waals surface area contributed by atoms with Crippen molar-refractivity contribution < 1.29 is 13.6 Å². The smallest absolute Gasteiger partial charge is 0.264 e. The van der Waals surface area contributed by atoms with Crippen molar-refractivity contribution in [1.82, 2.24) is 34.7 Å². The Bertz CT molecular complexity index is 1690. The third kappa shape index (κ3) is 4.55. The van der Waals surface area contributed by atoms with E-state index in [4.69, 9.17) is 5.10 Å². The summed E-state index contributed by atoms with van der Waals surface area (Å²) in [5.41, 5.74) is 6.51. The molecule has 2 spiro atoms. The molecule has 2 saturated carbocycles. The van der Waals surface area contributed by atoms with Gasteiger partial charge in [-0.15, -0.1) is 0 Å².